The highest BCUT2D eigenvalue weighted by atomic mass is 127. The van der Waals surface area contributed by atoms with Crippen LogP contribution in [0.5, 0.6) is 5.88 Å². The zero-order valence-corrected chi connectivity index (χ0v) is 16.9. The lowest BCUT2D eigenvalue weighted by molar-refractivity contribution is 0.309. The molecule has 0 saturated carbocycles. The van der Waals surface area contributed by atoms with Gasteiger partial charge in [-0.15, -0.1) is 24.0 Å². The first-order valence-electron chi connectivity index (χ1n) is 7.20. The van der Waals surface area contributed by atoms with Crippen LogP contribution in [0.4, 0.5) is 0 Å². The zero-order valence-electron chi connectivity index (χ0n) is 13.8. The molecule has 0 unspecified atom stereocenters. The highest BCUT2D eigenvalue weighted by molar-refractivity contribution is 14.0. The van der Waals surface area contributed by atoms with Crippen LogP contribution in [-0.2, 0) is 6.54 Å². The number of hydrogen-bond acceptors (Lipinski definition) is 5. The largest absolute Gasteiger partial charge is 0.476 e. The van der Waals surface area contributed by atoms with E-state index in [-0.39, 0.29) is 24.0 Å². The van der Waals surface area contributed by atoms with Gasteiger partial charge in [-0.1, -0.05) is 11.6 Å². The minimum Gasteiger partial charge on any atom is -0.476 e. The third kappa shape index (κ3) is 6.52. The maximum absolute atomic E-state index is 5.76. The molecule has 0 aliphatic heterocycles. The molecule has 0 fully saturated rings. The summed E-state index contributed by atoms with van der Waals surface area (Å²) in [5.74, 6) is 2.63. The third-order valence-electron chi connectivity index (χ3n) is 3.05. The summed E-state index contributed by atoms with van der Waals surface area (Å²) in [7, 11) is 1.70. The molecule has 0 spiro atoms. The second kappa shape index (κ2) is 10.3. The van der Waals surface area contributed by atoms with Gasteiger partial charge in [0.15, 0.2) is 5.96 Å². The highest BCUT2D eigenvalue weighted by Crippen LogP contribution is 2.11. The molecule has 2 aromatic heterocycles. The number of rotatable bonds is 6. The van der Waals surface area contributed by atoms with Crippen molar-refractivity contribution in [2.75, 3.05) is 20.2 Å². The highest BCUT2D eigenvalue weighted by Gasteiger charge is 2.06. The van der Waals surface area contributed by atoms with Gasteiger partial charge in [-0.3, -0.25) is 4.99 Å². The van der Waals surface area contributed by atoms with Crippen molar-refractivity contribution in [1.82, 2.24) is 20.6 Å². The first kappa shape index (κ1) is 20.5. The van der Waals surface area contributed by atoms with Gasteiger partial charge in [-0.2, -0.15) is 0 Å². The van der Waals surface area contributed by atoms with Crippen LogP contribution < -0.4 is 15.4 Å². The molecule has 0 amide bonds. The predicted molar refractivity (Wildman–Crippen MR) is 104 cm³/mol. The maximum Gasteiger partial charge on any atom is 0.214 e. The van der Waals surface area contributed by atoms with E-state index in [1.807, 2.05) is 13.8 Å². The minimum atomic E-state index is 0. The molecule has 0 saturated heterocycles. The lowest BCUT2D eigenvalue weighted by atomic mass is 10.4. The monoisotopic (exact) mass is 465 g/mol. The molecule has 0 aromatic carbocycles. The van der Waals surface area contributed by atoms with Gasteiger partial charge in [-0.05, 0) is 19.9 Å². The second-order valence-electron chi connectivity index (χ2n) is 4.76. The van der Waals surface area contributed by atoms with Gasteiger partial charge in [0.1, 0.15) is 12.4 Å². The Kier molecular flexibility index (Phi) is 8.83. The van der Waals surface area contributed by atoms with Crippen LogP contribution in [0.15, 0.2) is 27.7 Å². The molecule has 2 aromatic rings. The van der Waals surface area contributed by atoms with E-state index in [4.69, 9.17) is 20.8 Å². The fourth-order valence-electron chi connectivity index (χ4n) is 1.77. The fourth-order valence-corrected chi connectivity index (χ4v) is 1.88. The Morgan fingerprint density at radius 2 is 2.12 bits per heavy atom. The quantitative estimate of drug-likeness (QED) is 0.295. The van der Waals surface area contributed by atoms with Crippen LogP contribution >= 0.6 is 35.6 Å². The van der Waals surface area contributed by atoms with Crippen molar-refractivity contribution in [1.29, 1.82) is 0 Å². The summed E-state index contributed by atoms with van der Waals surface area (Å²) in [6, 6.07) is 3.46. The molecule has 0 bridgehead atoms. The Morgan fingerprint density at radius 3 is 2.71 bits per heavy atom. The van der Waals surface area contributed by atoms with Crippen LogP contribution in [0, 0.1) is 13.8 Å². The SMILES string of the molecule is CN=C(NCCOc1ccc(Cl)cn1)NCc1nc(C)c(C)o1.I. The number of aryl methyl sites for hydroxylation is 2. The average Bonchev–Trinajstić information content (AvgIpc) is 2.87. The number of oxazole rings is 1. The number of ether oxygens (including phenoxy) is 1. The molecular formula is C15H21ClIN5O2. The van der Waals surface area contributed by atoms with E-state index >= 15 is 0 Å². The summed E-state index contributed by atoms with van der Waals surface area (Å²) in [6.07, 6.45) is 1.55. The molecule has 0 aliphatic carbocycles. The number of halogens is 2. The summed E-state index contributed by atoms with van der Waals surface area (Å²) in [4.78, 5) is 12.5. The molecule has 2 heterocycles. The number of nitrogens with one attached hydrogen (secondary N) is 2. The van der Waals surface area contributed by atoms with Crippen LogP contribution in [0.1, 0.15) is 17.3 Å². The Balaban J connectivity index is 0.00000288. The van der Waals surface area contributed by atoms with Gasteiger partial charge < -0.3 is 19.8 Å². The third-order valence-corrected chi connectivity index (χ3v) is 3.27. The van der Waals surface area contributed by atoms with E-state index < -0.39 is 0 Å². The Morgan fingerprint density at radius 1 is 1.33 bits per heavy atom. The van der Waals surface area contributed by atoms with E-state index in [1.165, 1.54) is 0 Å². The molecule has 0 atom stereocenters. The Hall–Kier alpha value is -1.55. The molecular weight excluding hydrogens is 445 g/mol. The van der Waals surface area contributed by atoms with Gasteiger partial charge >= 0.3 is 0 Å². The van der Waals surface area contributed by atoms with E-state index in [0.717, 1.165) is 11.5 Å². The van der Waals surface area contributed by atoms with Gasteiger partial charge in [0.05, 0.1) is 23.8 Å². The number of aliphatic imine (C=N–C) groups is 1. The van der Waals surface area contributed by atoms with Crippen molar-refractivity contribution in [3.05, 3.63) is 40.7 Å². The number of hydrogen-bond donors (Lipinski definition) is 2. The molecule has 24 heavy (non-hydrogen) atoms. The molecule has 2 rings (SSSR count). The van der Waals surface area contributed by atoms with Gasteiger partial charge in [-0.25, -0.2) is 9.97 Å². The number of pyridine rings is 1. The van der Waals surface area contributed by atoms with Gasteiger partial charge in [0.2, 0.25) is 11.8 Å². The molecule has 2 N–H and O–H groups in total. The number of nitrogens with zero attached hydrogens (tertiary/aromatic N) is 3. The summed E-state index contributed by atoms with van der Waals surface area (Å²) < 4.78 is 11.0. The summed E-state index contributed by atoms with van der Waals surface area (Å²) >= 11 is 5.76. The molecule has 0 aliphatic rings. The molecule has 0 radical (unpaired) electrons. The number of aromatic nitrogens is 2. The lowest BCUT2D eigenvalue weighted by Gasteiger charge is -2.11. The van der Waals surface area contributed by atoms with E-state index in [1.54, 1.807) is 25.4 Å². The predicted octanol–water partition coefficient (Wildman–Crippen LogP) is 2.70. The summed E-state index contributed by atoms with van der Waals surface area (Å²) in [6.45, 7) is 5.30. The zero-order chi connectivity index (χ0) is 16.7. The summed E-state index contributed by atoms with van der Waals surface area (Å²) in [5.41, 5.74) is 0.897. The number of guanidine groups is 1. The standard InChI is InChI=1S/C15H20ClN5O2.HI/c1-10-11(2)23-14(21-10)9-20-15(17-3)18-6-7-22-13-5-4-12(16)8-19-13;/h4-5,8H,6-7,9H2,1-3H3,(H2,17,18,20);1H. The van der Waals surface area contributed by atoms with E-state index in [2.05, 4.69) is 25.6 Å². The van der Waals surface area contributed by atoms with Gasteiger partial charge in [0, 0.05) is 19.3 Å². The Bertz CT molecular complexity index is 641. The normalized spacial score (nSPS) is 10.9. The van der Waals surface area contributed by atoms with Crippen molar-refractivity contribution >= 4 is 41.5 Å². The summed E-state index contributed by atoms with van der Waals surface area (Å²) in [5, 5.41) is 6.84. The maximum atomic E-state index is 5.76. The van der Waals surface area contributed by atoms with Crippen LogP contribution in [0.25, 0.3) is 0 Å². The second-order valence-corrected chi connectivity index (χ2v) is 5.20. The topological polar surface area (TPSA) is 84.6 Å². The smallest absolute Gasteiger partial charge is 0.214 e. The van der Waals surface area contributed by atoms with Crippen molar-refractivity contribution < 1.29 is 9.15 Å². The minimum absolute atomic E-state index is 0. The first-order valence-corrected chi connectivity index (χ1v) is 7.58. The van der Waals surface area contributed by atoms with Crippen LogP contribution in [0.2, 0.25) is 5.02 Å². The van der Waals surface area contributed by atoms with E-state index in [0.29, 0.717) is 42.4 Å². The molecule has 7 nitrogen and oxygen atoms in total. The first-order chi connectivity index (χ1) is 11.1. The Labute approximate surface area is 163 Å². The average molecular weight is 466 g/mol. The van der Waals surface area contributed by atoms with Crippen LogP contribution in [0.3, 0.4) is 0 Å². The van der Waals surface area contributed by atoms with Crippen molar-refractivity contribution in [2.24, 2.45) is 4.99 Å². The van der Waals surface area contributed by atoms with Crippen LogP contribution in [-0.4, -0.2) is 36.1 Å². The van der Waals surface area contributed by atoms with E-state index in [9.17, 15) is 0 Å². The van der Waals surface area contributed by atoms with Crippen molar-refractivity contribution in [2.45, 2.75) is 20.4 Å². The van der Waals surface area contributed by atoms with Crippen molar-refractivity contribution in [3.63, 3.8) is 0 Å². The molecule has 132 valence electrons. The van der Waals surface area contributed by atoms with Gasteiger partial charge in [0.25, 0.3) is 0 Å². The molecule has 9 heteroatoms. The fraction of sp³-hybridized carbons (Fsp3) is 0.400. The lowest BCUT2D eigenvalue weighted by Crippen LogP contribution is -2.39. The van der Waals surface area contributed by atoms with Crippen molar-refractivity contribution in [3.8, 4) is 5.88 Å².